The lowest BCUT2D eigenvalue weighted by Gasteiger charge is -2.36. The van der Waals surface area contributed by atoms with Gasteiger partial charge >= 0.3 is 0 Å². The molecule has 0 N–H and O–H groups in total. The van der Waals surface area contributed by atoms with Crippen molar-refractivity contribution in [3.05, 3.63) is 65.0 Å². The Labute approximate surface area is 153 Å². The molecule has 0 radical (unpaired) electrons. The average molecular weight is 351 g/mol. The van der Waals surface area contributed by atoms with E-state index < -0.39 is 5.82 Å². The van der Waals surface area contributed by atoms with Gasteiger partial charge in [-0.2, -0.15) is 5.26 Å². The standard InChI is InChI=1S/C21H22FN3O/c1-15(2)16-6-8-17(9-7-16)21(26)25-12-10-24(11-13-25)20-5-3-4-19(22)18(20)14-23/h3-9,15H,10-13H2,1-2H3. The summed E-state index contributed by atoms with van der Waals surface area (Å²) in [4.78, 5) is 16.5. The van der Waals surface area contributed by atoms with Crippen molar-refractivity contribution >= 4 is 11.6 Å². The fourth-order valence-corrected chi connectivity index (χ4v) is 3.23. The molecule has 0 aromatic heterocycles. The van der Waals surface area contributed by atoms with Crippen LogP contribution in [0.5, 0.6) is 0 Å². The minimum absolute atomic E-state index is 0.0136. The van der Waals surface area contributed by atoms with E-state index >= 15 is 0 Å². The molecule has 0 unspecified atom stereocenters. The number of amides is 1. The molecule has 1 aliphatic rings. The number of rotatable bonds is 3. The smallest absolute Gasteiger partial charge is 0.253 e. The Hall–Kier alpha value is -2.87. The summed E-state index contributed by atoms with van der Waals surface area (Å²) in [6.07, 6.45) is 0. The first kappa shape index (κ1) is 17.9. The maximum atomic E-state index is 13.8. The Balaban J connectivity index is 1.68. The molecule has 0 atom stereocenters. The van der Waals surface area contributed by atoms with Gasteiger partial charge in [0.2, 0.25) is 0 Å². The molecular formula is C21H22FN3O. The number of carbonyl (C=O) groups excluding carboxylic acids is 1. The van der Waals surface area contributed by atoms with Crippen LogP contribution in [0.1, 0.15) is 41.3 Å². The summed E-state index contributed by atoms with van der Waals surface area (Å²) in [7, 11) is 0. The SMILES string of the molecule is CC(C)c1ccc(C(=O)N2CCN(c3cccc(F)c3C#N)CC2)cc1. The van der Waals surface area contributed by atoms with Gasteiger partial charge in [0.1, 0.15) is 17.4 Å². The molecule has 3 rings (SSSR count). The normalized spacial score (nSPS) is 14.4. The second kappa shape index (κ2) is 7.57. The highest BCUT2D eigenvalue weighted by atomic mass is 19.1. The van der Waals surface area contributed by atoms with Gasteiger partial charge in [0.25, 0.3) is 5.91 Å². The Bertz CT molecular complexity index is 831. The first-order chi connectivity index (χ1) is 12.5. The number of nitriles is 1. The molecule has 0 spiro atoms. The molecule has 1 fully saturated rings. The van der Waals surface area contributed by atoms with Gasteiger partial charge in [-0.25, -0.2) is 4.39 Å². The van der Waals surface area contributed by atoms with E-state index in [0.717, 1.165) is 0 Å². The highest BCUT2D eigenvalue weighted by Crippen LogP contribution is 2.24. The van der Waals surface area contributed by atoms with Gasteiger partial charge in [0, 0.05) is 31.7 Å². The van der Waals surface area contributed by atoms with E-state index in [1.807, 2.05) is 40.1 Å². The highest BCUT2D eigenvalue weighted by Gasteiger charge is 2.24. The Kier molecular flexibility index (Phi) is 5.22. The monoisotopic (exact) mass is 351 g/mol. The molecule has 1 saturated heterocycles. The quantitative estimate of drug-likeness (QED) is 0.845. The first-order valence-corrected chi connectivity index (χ1v) is 8.84. The summed E-state index contributed by atoms with van der Waals surface area (Å²) in [5, 5.41) is 9.20. The predicted molar refractivity (Wildman–Crippen MR) is 99.8 cm³/mol. The maximum Gasteiger partial charge on any atom is 0.253 e. The molecule has 5 heteroatoms. The summed E-state index contributed by atoms with van der Waals surface area (Å²) < 4.78 is 13.8. The van der Waals surface area contributed by atoms with Crippen LogP contribution in [0, 0.1) is 17.1 Å². The fourth-order valence-electron chi connectivity index (χ4n) is 3.23. The topological polar surface area (TPSA) is 47.3 Å². The maximum absolute atomic E-state index is 13.8. The summed E-state index contributed by atoms with van der Waals surface area (Å²) in [5.41, 5.74) is 2.56. The molecule has 1 amide bonds. The summed E-state index contributed by atoms with van der Waals surface area (Å²) >= 11 is 0. The minimum Gasteiger partial charge on any atom is -0.367 e. The number of halogens is 1. The van der Waals surface area contributed by atoms with Crippen molar-refractivity contribution in [1.82, 2.24) is 4.90 Å². The van der Waals surface area contributed by atoms with Crippen LogP contribution in [0.15, 0.2) is 42.5 Å². The third-order valence-corrected chi connectivity index (χ3v) is 4.84. The summed E-state index contributed by atoms with van der Waals surface area (Å²) in [6.45, 7) is 6.50. The van der Waals surface area contributed by atoms with Crippen molar-refractivity contribution in [2.75, 3.05) is 31.1 Å². The summed E-state index contributed by atoms with van der Waals surface area (Å²) in [6, 6.07) is 14.4. The zero-order valence-corrected chi connectivity index (χ0v) is 15.1. The summed E-state index contributed by atoms with van der Waals surface area (Å²) in [5.74, 6) is -0.0586. The number of hydrogen-bond acceptors (Lipinski definition) is 3. The van der Waals surface area contributed by atoms with Crippen LogP contribution in [0.25, 0.3) is 0 Å². The molecule has 0 aliphatic carbocycles. The van der Waals surface area contributed by atoms with Crippen LogP contribution in [-0.2, 0) is 0 Å². The van der Waals surface area contributed by atoms with Gasteiger partial charge in [0.15, 0.2) is 0 Å². The number of hydrogen-bond donors (Lipinski definition) is 0. The third kappa shape index (κ3) is 3.55. The third-order valence-electron chi connectivity index (χ3n) is 4.84. The number of anilines is 1. The van der Waals surface area contributed by atoms with E-state index in [-0.39, 0.29) is 11.5 Å². The molecule has 134 valence electrons. The largest absolute Gasteiger partial charge is 0.367 e. The molecule has 0 saturated carbocycles. The number of carbonyl (C=O) groups is 1. The lowest BCUT2D eigenvalue weighted by molar-refractivity contribution is 0.0746. The zero-order chi connectivity index (χ0) is 18.7. The highest BCUT2D eigenvalue weighted by molar-refractivity contribution is 5.94. The Morgan fingerprint density at radius 2 is 1.73 bits per heavy atom. The molecule has 4 nitrogen and oxygen atoms in total. The van der Waals surface area contributed by atoms with Crippen molar-refractivity contribution in [2.45, 2.75) is 19.8 Å². The fraction of sp³-hybridized carbons (Fsp3) is 0.333. The van der Waals surface area contributed by atoms with Crippen LogP contribution in [0.4, 0.5) is 10.1 Å². The first-order valence-electron chi connectivity index (χ1n) is 8.84. The van der Waals surface area contributed by atoms with E-state index in [1.54, 1.807) is 12.1 Å². The van der Waals surface area contributed by atoms with Crippen LogP contribution < -0.4 is 4.90 Å². The second-order valence-electron chi connectivity index (χ2n) is 6.80. The Morgan fingerprint density at radius 1 is 1.08 bits per heavy atom. The predicted octanol–water partition coefficient (Wildman–Crippen LogP) is 3.78. The van der Waals surface area contributed by atoms with E-state index in [4.69, 9.17) is 0 Å². The van der Waals surface area contributed by atoms with Crippen LogP contribution in [-0.4, -0.2) is 37.0 Å². The molecule has 2 aromatic carbocycles. The van der Waals surface area contributed by atoms with Gasteiger partial charge in [-0.15, -0.1) is 0 Å². The van der Waals surface area contributed by atoms with E-state index in [0.29, 0.717) is 43.3 Å². The lowest BCUT2D eigenvalue weighted by Crippen LogP contribution is -2.49. The molecular weight excluding hydrogens is 329 g/mol. The van der Waals surface area contributed by atoms with Crippen molar-refractivity contribution < 1.29 is 9.18 Å². The van der Waals surface area contributed by atoms with Gasteiger partial charge in [-0.1, -0.05) is 32.0 Å². The molecule has 2 aromatic rings. The van der Waals surface area contributed by atoms with E-state index in [2.05, 4.69) is 13.8 Å². The van der Waals surface area contributed by atoms with Crippen molar-refractivity contribution in [1.29, 1.82) is 5.26 Å². The minimum atomic E-state index is -0.506. The molecule has 0 bridgehead atoms. The number of piperazine rings is 1. The Morgan fingerprint density at radius 3 is 2.31 bits per heavy atom. The molecule has 1 heterocycles. The van der Waals surface area contributed by atoms with Crippen molar-refractivity contribution in [3.8, 4) is 6.07 Å². The van der Waals surface area contributed by atoms with E-state index in [1.165, 1.54) is 11.6 Å². The molecule has 1 aliphatic heterocycles. The van der Waals surface area contributed by atoms with Crippen LogP contribution in [0.3, 0.4) is 0 Å². The zero-order valence-electron chi connectivity index (χ0n) is 15.1. The van der Waals surface area contributed by atoms with Gasteiger partial charge < -0.3 is 9.80 Å². The number of nitrogens with zero attached hydrogens (tertiary/aromatic N) is 3. The van der Waals surface area contributed by atoms with Crippen LogP contribution in [0.2, 0.25) is 0 Å². The second-order valence-corrected chi connectivity index (χ2v) is 6.80. The molecule has 26 heavy (non-hydrogen) atoms. The number of benzene rings is 2. The van der Waals surface area contributed by atoms with Crippen molar-refractivity contribution in [3.63, 3.8) is 0 Å². The van der Waals surface area contributed by atoms with Crippen molar-refractivity contribution in [2.24, 2.45) is 0 Å². The van der Waals surface area contributed by atoms with Gasteiger partial charge in [-0.3, -0.25) is 4.79 Å². The van der Waals surface area contributed by atoms with Gasteiger partial charge in [-0.05, 0) is 35.7 Å². The van der Waals surface area contributed by atoms with Gasteiger partial charge in [0.05, 0.1) is 5.69 Å². The average Bonchev–Trinajstić information content (AvgIpc) is 2.67. The van der Waals surface area contributed by atoms with E-state index in [9.17, 15) is 14.4 Å². The van der Waals surface area contributed by atoms with Crippen LogP contribution >= 0.6 is 0 Å². The lowest BCUT2D eigenvalue weighted by atomic mass is 10.0.